The Kier molecular flexibility index (Phi) is 4.41. The number of halogens is 1. The monoisotopic (exact) mass is 321 g/mol. The third-order valence-corrected chi connectivity index (χ3v) is 4.82. The van der Waals surface area contributed by atoms with Crippen molar-refractivity contribution >= 4 is 34.0 Å². The molecule has 1 aromatic heterocycles. The topological polar surface area (TPSA) is 36.4 Å². The molecule has 0 saturated carbocycles. The van der Waals surface area contributed by atoms with E-state index in [1.807, 2.05) is 40.7 Å². The van der Waals surface area contributed by atoms with Crippen LogP contribution in [0.1, 0.15) is 5.56 Å². The molecule has 1 fully saturated rings. The quantitative estimate of drug-likeness (QED) is 0.872. The fourth-order valence-corrected chi connectivity index (χ4v) is 3.34. The molecule has 1 saturated heterocycles. The van der Waals surface area contributed by atoms with Crippen molar-refractivity contribution in [3.05, 3.63) is 46.4 Å². The summed E-state index contributed by atoms with van der Waals surface area (Å²) in [4.78, 5) is 20.8. The third kappa shape index (κ3) is 3.36. The Balaban J connectivity index is 1.57. The summed E-state index contributed by atoms with van der Waals surface area (Å²) in [6.07, 6.45) is 2.19. The van der Waals surface area contributed by atoms with Gasteiger partial charge < -0.3 is 9.80 Å². The number of benzene rings is 1. The average Bonchev–Trinajstić information content (AvgIpc) is 3.04. The van der Waals surface area contributed by atoms with E-state index in [0.29, 0.717) is 11.4 Å². The Bertz CT molecular complexity index is 609. The van der Waals surface area contributed by atoms with Crippen LogP contribution in [0.3, 0.4) is 0 Å². The van der Waals surface area contributed by atoms with Crippen LogP contribution in [0.5, 0.6) is 0 Å². The van der Waals surface area contributed by atoms with Crippen molar-refractivity contribution in [2.45, 2.75) is 6.42 Å². The molecule has 6 heteroatoms. The van der Waals surface area contributed by atoms with Gasteiger partial charge in [-0.3, -0.25) is 4.79 Å². The van der Waals surface area contributed by atoms with Gasteiger partial charge in [0.1, 0.15) is 0 Å². The van der Waals surface area contributed by atoms with Crippen molar-refractivity contribution in [2.24, 2.45) is 0 Å². The highest BCUT2D eigenvalue weighted by atomic mass is 35.5. The number of amides is 1. The number of carbonyl (C=O) groups excluding carboxylic acids is 1. The first-order valence-electron chi connectivity index (χ1n) is 6.89. The predicted molar refractivity (Wildman–Crippen MR) is 86.1 cm³/mol. The second-order valence-corrected chi connectivity index (χ2v) is 6.23. The maximum Gasteiger partial charge on any atom is 0.227 e. The van der Waals surface area contributed by atoms with Gasteiger partial charge in [0, 0.05) is 42.8 Å². The zero-order valence-corrected chi connectivity index (χ0v) is 13.1. The summed E-state index contributed by atoms with van der Waals surface area (Å²) >= 11 is 7.75. The summed E-state index contributed by atoms with van der Waals surface area (Å²) in [6, 6.07) is 7.52. The molecular weight excluding hydrogens is 306 g/mol. The van der Waals surface area contributed by atoms with E-state index in [0.717, 1.165) is 36.9 Å². The zero-order valence-electron chi connectivity index (χ0n) is 11.5. The first kappa shape index (κ1) is 14.4. The molecule has 0 atom stereocenters. The maximum atomic E-state index is 12.3. The summed E-state index contributed by atoms with van der Waals surface area (Å²) < 4.78 is 0. The van der Waals surface area contributed by atoms with Crippen LogP contribution in [0.25, 0.3) is 0 Å². The fraction of sp³-hybridized carbons (Fsp3) is 0.333. The van der Waals surface area contributed by atoms with Crippen LogP contribution in [0.15, 0.2) is 35.8 Å². The Morgan fingerprint density at radius 2 is 2.00 bits per heavy atom. The maximum absolute atomic E-state index is 12.3. The van der Waals surface area contributed by atoms with Crippen LogP contribution in [0, 0.1) is 0 Å². The van der Waals surface area contributed by atoms with Gasteiger partial charge >= 0.3 is 0 Å². The highest BCUT2D eigenvalue weighted by molar-refractivity contribution is 7.13. The van der Waals surface area contributed by atoms with Gasteiger partial charge in [-0.2, -0.15) is 0 Å². The number of piperazine rings is 1. The fourth-order valence-electron chi connectivity index (χ4n) is 2.44. The molecule has 110 valence electrons. The second kappa shape index (κ2) is 6.45. The largest absolute Gasteiger partial charge is 0.345 e. The summed E-state index contributed by atoms with van der Waals surface area (Å²) in [5, 5.41) is 3.67. The average molecular weight is 322 g/mol. The lowest BCUT2D eigenvalue weighted by Crippen LogP contribution is -2.49. The van der Waals surface area contributed by atoms with E-state index in [4.69, 9.17) is 11.6 Å². The minimum atomic E-state index is 0.141. The molecule has 0 unspecified atom stereocenters. The van der Waals surface area contributed by atoms with Crippen LogP contribution < -0.4 is 4.90 Å². The van der Waals surface area contributed by atoms with Crippen LogP contribution in [0.4, 0.5) is 5.13 Å². The molecule has 3 rings (SSSR count). The molecule has 2 heterocycles. The lowest BCUT2D eigenvalue weighted by atomic mass is 10.1. The van der Waals surface area contributed by atoms with E-state index < -0.39 is 0 Å². The minimum Gasteiger partial charge on any atom is -0.345 e. The van der Waals surface area contributed by atoms with Crippen molar-refractivity contribution in [1.82, 2.24) is 9.88 Å². The SMILES string of the molecule is O=C(Cc1ccccc1Cl)N1CCN(c2nccs2)CC1. The summed E-state index contributed by atoms with van der Waals surface area (Å²) in [7, 11) is 0. The Morgan fingerprint density at radius 3 is 2.67 bits per heavy atom. The first-order valence-corrected chi connectivity index (χ1v) is 8.15. The van der Waals surface area contributed by atoms with Crippen molar-refractivity contribution in [3.8, 4) is 0 Å². The van der Waals surface area contributed by atoms with Crippen LogP contribution in [0.2, 0.25) is 5.02 Å². The molecule has 0 aliphatic carbocycles. The van der Waals surface area contributed by atoms with E-state index in [-0.39, 0.29) is 5.91 Å². The molecule has 2 aromatic rings. The molecule has 1 aliphatic rings. The summed E-state index contributed by atoms with van der Waals surface area (Å²) in [5.74, 6) is 0.141. The van der Waals surface area contributed by atoms with Gasteiger partial charge in [0.05, 0.1) is 6.42 Å². The number of hydrogen-bond acceptors (Lipinski definition) is 4. The molecule has 4 nitrogen and oxygen atoms in total. The molecule has 0 bridgehead atoms. The lowest BCUT2D eigenvalue weighted by Gasteiger charge is -2.34. The molecule has 1 amide bonds. The van der Waals surface area contributed by atoms with Crippen molar-refractivity contribution in [1.29, 1.82) is 0 Å². The van der Waals surface area contributed by atoms with Crippen LogP contribution in [-0.4, -0.2) is 42.0 Å². The number of rotatable bonds is 3. The van der Waals surface area contributed by atoms with Gasteiger partial charge in [-0.25, -0.2) is 4.98 Å². The number of aromatic nitrogens is 1. The molecule has 1 aromatic carbocycles. The van der Waals surface area contributed by atoms with Crippen molar-refractivity contribution in [3.63, 3.8) is 0 Å². The summed E-state index contributed by atoms with van der Waals surface area (Å²) in [6.45, 7) is 3.15. The van der Waals surface area contributed by atoms with E-state index in [2.05, 4.69) is 9.88 Å². The third-order valence-electron chi connectivity index (χ3n) is 3.62. The van der Waals surface area contributed by atoms with E-state index in [9.17, 15) is 4.79 Å². The van der Waals surface area contributed by atoms with Crippen LogP contribution in [-0.2, 0) is 11.2 Å². The molecular formula is C15H16ClN3OS. The molecule has 0 spiro atoms. The van der Waals surface area contributed by atoms with Crippen molar-refractivity contribution in [2.75, 3.05) is 31.1 Å². The number of anilines is 1. The molecule has 21 heavy (non-hydrogen) atoms. The number of nitrogens with zero attached hydrogens (tertiary/aromatic N) is 3. The lowest BCUT2D eigenvalue weighted by molar-refractivity contribution is -0.130. The Hall–Kier alpha value is -1.59. The number of hydrogen-bond donors (Lipinski definition) is 0. The van der Waals surface area contributed by atoms with Crippen molar-refractivity contribution < 1.29 is 4.79 Å². The van der Waals surface area contributed by atoms with Crippen LogP contribution >= 0.6 is 22.9 Å². The van der Waals surface area contributed by atoms with Gasteiger partial charge in [0.2, 0.25) is 5.91 Å². The highest BCUT2D eigenvalue weighted by Crippen LogP contribution is 2.20. The first-order chi connectivity index (χ1) is 10.2. The minimum absolute atomic E-state index is 0.141. The zero-order chi connectivity index (χ0) is 14.7. The molecule has 0 radical (unpaired) electrons. The normalized spacial score (nSPS) is 15.3. The van der Waals surface area contributed by atoms with E-state index in [1.165, 1.54) is 0 Å². The van der Waals surface area contributed by atoms with Gasteiger partial charge in [0.25, 0.3) is 0 Å². The smallest absolute Gasteiger partial charge is 0.227 e. The van der Waals surface area contributed by atoms with Gasteiger partial charge in [-0.1, -0.05) is 29.8 Å². The predicted octanol–water partition coefficient (Wildman–Crippen LogP) is 2.69. The number of thiazole rings is 1. The van der Waals surface area contributed by atoms with E-state index >= 15 is 0 Å². The van der Waals surface area contributed by atoms with E-state index in [1.54, 1.807) is 11.3 Å². The molecule has 1 aliphatic heterocycles. The Labute approximate surface area is 133 Å². The van der Waals surface area contributed by atoms with Gasteiger partial charge in [-0.15, -0.1) is 11.3 Å². The van der Waals surface area contributed by atoms with Gasteiger partial charge in [0.15, 0.2) is 5.13 Å². The molecule has 0 N–H and O–H groups in total. The van der Waals surface area contributed by atoms with Gasteiger partial charge in [-0.05, 0) is 11.6 Å². The number of carbonyl (C=O) groups is 1. The standard InChI is InChI=1S/C15H16ClN3OS/c16-13-4-2-1-3-12(13)11-14(20)18-6-8-19(9-7-18)15-17-5-10-21-15/h1-5,10H,6-9,11H2. The summed E-state index contributed by atoms with van der Waals surface area (Å²) in [5.41, 5.74) is 0.895. The Morgan fingerprint density at radius 1 is 1.24 bits per heavy atom. The highest BCUT2D eigenvalue weighted by Gasteiger charge is 2.22. The second-order valence-electron chi connectivity index (χ2n) is 4.95.